The maximum atomic E-state index is 13.8. The Labute approximate surface area is 216 Å². The summed E-state index contributed by atoms with van der Waals surface area (Å²) in [6, 6.07) is 19.2. The van der Waals surface area contributed by atoms with Gasteiger partial charge in [0.05, 0.1) is 35.0 Å². The second-order valence-corrected chi connectivity index (χ2v) is 9.60. The number of urea groups is 1. The Morgan fingerprint density at radius 1 is 0.946 bits per heavy atom. The number of fused-ring (bicyclic) bond motifs is 1. The summed E-state index contributed by atoms with van der Waals surface area (Å²) in [6.07, 6.45) is 0.344. The second-order valence-electron chi connectivity index (χ2n) is 9.60. The topological polar surface area (TPSA) is 116 Å². The lowest BCUT2D eigenvalue weighted by Gasteiger charge is -2.28. The lowest BCUT2D eigenvalue weighted by molar-refractivity contribution is -0.127. The van der Waals surface area contributed by atoms with Crippen LogP contribution in [0.5, 0.6) is 0 Å². The third-order valence-corrected chi connectivity index (χ3v) is 5.97. The molecule has 9 nitrogen and oxygen atoms in total. The molecule has 3 N–H and O–H groups in total. The number of hydrogen-bond acceptors (Lipinski definition) is 6. The summed E-state index contributed by atoms with van der Waals surface area (Å²) in [7, 11) is 1.75. The predicted octanol–water partition coefficient (Wildman–Crippen LogP) is 4.07. The third kappa shape index (κ3) is 5.66. The fourth-order valence-electron chi connectivity index (χ4n) is 3.87. The third-order valence-electron chi connectivity index (χ3n) is 5.97. The van der Waals surface area contributed by atoms with E-state index in [4.69, 9.17) is 0 Å². The van der Waals surface area contributed by atoms with Crippen LogP contribution < -0.4 is 20.9 Å². The average molecular weight is 499 g/mol. The van der Waals surface area contributed by atoms with Crippen LogP contribution in [-0.4, -0.2) is 48.2 Å². The fraction of sp³-hybridized carbons (Fsp3) is 0.250. The van der Waals surface area contributed by atoms with Crippen molar-refractivity contribution >= 4 is 40.5 Å². The molecule has 0 radical (unpaired) electrons. The molecule has 0 unspecified atom stereocenters. The van der Waals surface area contributed by atoms with E-state index < -0.39 is 23.5 Å². The van der Waals surface area contributed by atoms with Gasteiger partial charge in [0.1, 0.15) is 0 Å². The van der Waals surface area contributed by atoms with E-state index in [1.54, 1.807) is 49.6 Å². The lowest BCUT2D eigenvalue weighted by atomic mass is 9.90. The minimum atomic E-state index is -1.29. The van der Waals surface area contributed by atoms with Crippen LogP contribution in [0.15, 0.2) is 77.9 Å². The summed E-state index contributed by atoms with van der Waals surface area (Å²) < 4.78 is 0. The molecule has 190 valence electrons. The van der Waals surface area contributed by atoms with Crippen LogP contribution in [0, 0.1) is 5.41 Å². The number of aliphatic imine (C=N–C) groups is 1. The van der Waals surface area contributed by atoms with Gasteiger partial charge in [-0.15, -0.1) is 0 Å². The molecule has 1 aliphatic heterocycles. The molecule has 2 heterocycles. The zero-order valence-electron chi connectivity index (χ0n) is 21.3. The van der Waals surface area contributed by atoms with Crippen LogP contribution in [0.1, 0.15) is 32.0 Å². The van der Waals surface area contributed by atoms with Crippen molar-refractivity contribution in [2.24, 2.45) is 10.4 Å². The van der Waals surface area contributed by atoms with Crippen molar-refractivity contribution in [1.29, 1.82) is 0 Å². The van der Waals surface area contributed by atoms with Gasteiger partial charge in [0, 0.05) is 24.2 Å². The first-order valence-electron chi connectivity index (χ1n) is 12.0. The van der Waals surface area contributed by atoms with E-state index in [2.05, 4.69) is 25.9 Å². The summed E-state index contributed by atoms with van der Waals surface area (Å²) >= 11 is 0. The second kappa shape index (κ2) is 10.6. The van der Waals surface area contributed by atoms with E-state index in [1.807, 2.05) is 51.1 Å². The minimum Gasteiger partial charge on any atom is -0.386 e. The van der Waals surface area contributed by atoms with E-state index in [0.29, 0.717) is 34.0 Å². The first-order valence-corrected chi connectivity index (χ1v) is 12.0. The number of aromatic nitrogens is 1. The predicted molar refractivity (Wildman–Crippen MR) is 145 cm³/mol. The number of amides is 3. The van der Waals surface area contributed by atoms with Gasteiger partial charge in [0.2, 0.25) is 6.17 Å². The Morgan fingerprint density at radius 2 is 1.62 bits per heavy atom. The zero-order chi connectivity index (χ0) is 26.6. The Bertz CT molecular complexity index is 1350. The number of benzodiazepines with no additional fused rings is 1. The van der Waals surface area contributed by atoms with Gasteiger partial charge >= 0.3 is 6.03 Å². The Hall–Kier alpha value is -4.53. The molecule has 0 spiro atoms. The number of carbonyl (C=O) groups excluding carboxylic acids is 3. The lowest BCUT2D eigenvalue weighted by Crippen LogP contribution is -2.50. The van der Waals surface area contributed by atoms with Gasteiger partial charge in [-0.25, -0.2) is 9.79 Å². The first-order chi connectivity index (χ1) is 17.7. The van der Waals surface area contributed by atoms with E-state index >= 15 is 0 Å². The van der Waals surface area contributed by atoms with Crippen molar-refractivity contribution in [3.05, 3.63) is 84.2 Å². The maximum absolute atomic E-state index is 13.8. The smallest absolute Gasteiger partial charge is 0.321 e. The SMILES string of the molecule is CNc1ccccc1NC(=O)N[C@@H]1N=C(c2ccccn2)c2ccccc2N(CC(=O)C(C)(C)C)C1=O. The van der Waals surface area contributed by atoms with Crippen LogP contribution >= 0.6 is 0 Å². The van der Waals surface area contributed by atoms with Crippen molar-refractivity contribution in [2.45, 2.75) is 26.9 Å². The number of ketones is 1. The van der Waals surface area contributed by atoms with Gasteiger partial charge in [0.25, 0.3) is 5.91 Å². The number of hydrogen-bond donors (Lipinski definition) is 3. The summed E-state index contributed by atoms with van der Waals surface area (Å²) in [5.74, 6) is -0.642. The van der Waals surface area contributed by atoms with E-state index in [9.17, 15) is 14.4 Å². The van der Waals surface area contributed by atoms with Gasteiger partial charge in [-0.05, 0) is 30.3 Å². The van der Waals surface area contributed by atoms with Gasteiger partial charge in [-0.2, -0.15) is 0 Å². The molecule has 1 aliphatic rings. The number of benzene rings is 2. The van der Waals surface area contributed by atoms with E-state index in [1.165, 1.54) is 4.90 Å². The summed E-state index contributed by atoms with van der Waals surface area (Å²) in [5.41, 5.74) is 2.74. The normalized spacial score (nSPS) is 15.2. The molecule has 0 fully saturated rings. The van der Waals surface area contributed by atoms with Gasteiger partial charge in [-0.1, -0.05) is 57.2 Å². The molecule has 3 amide bonds. The summed E-state index contributed by atoms with van der Waals surface area (Å²) in [6.45, 7) is 5.26. The number of rotatable bonds is 6. The molecule has 0 bridgehead atoms. The largest absolute Gasteiger partial charge is 0.386 e. The molecule has 0 saturated heterocycles. The Kier molecular flexibility index (Phi) is 7.33. The van der Waals surface area contributed by atoms with Crippen LogP contribution in [0.2, 0.25) is 0 Å². The summed E-state index contributed by atoms with van der Waals surface area (Å²) in [4.78, 5) is 50.4. The highest BCUT2D eigenvalue weighted by atomic mass is 16.2. The standard InChI is InChI=1S/C28H30N6O3/c1-28(2,3)23(35)17-34-22-15-8-5-11-18(22)24(21-14-9-10-16-30-21)32-25(26(34)36)33-27(37)31-20-13-7-6-12-19(20)29-4/h5-16,25,29H,17H2,1-4H3,(H2,31,33,37)/t25-/m0/s1. The average Bonchev–Trinajstić information content (AvgIpc) is 2.99. The number of pyridine rings is 1. The maximum Gasteiger partial charge on any atom is 0.321 e. The fourth-order valence-corrected chi connectivity index (χ4v) is 3.87. The molecule has 9 heteroatoms. The minimum absolute atomic E-state index is 0.122. The molecule has 0 saturated carbocycles. The van der Waals surface area contributed by atoms with Crippen LogP contribution in [0.25, 0.3) is 0 Å². The van der Waals surface area contributed by atoms with Gasteiger partial charge < -0.3 is 20.9 Å². The van der Waals surface area contributed by atoms with E-state index in [-0.39, 0.29) is 12.3 Å². The van der Waals surface area contributed by atoms with Crippen molar-refractivity contribution in [2.75, 3.05) is 29.1 Å². The summed E-state index contributed by atoms with van der Waals surface area (Å²) in [5, 5.41) is 8.48. The molecular weight excluding hydrogens is 468 g/mol. The highest BCUT2D eigenvalue weighted by Crippen LogP contribution is 2.29. The Morgan fingerprint density at radius 3 is 2.30 bits per heavy atom. The molecule has 3 aromatic rings. The van der Waals surface area contributed by atoms with Crippen molar-refractivity contribution in [3.63, 3.8) is 0 Å². The van der Waals surface area contributed by atoms with Crippen molar-refractivity contribution < 1.29 is 14.4 Å². The number of nitrogens with one attached hydrogen (secondary N) is 3. The Balaban J connectivity index is 1.76. The zero-order valence-corrected chi connectivity index (χ0v) is 21.3. The van der Waals surface area contributed by atoms with Crippen LogP contribution in [-0.2, 0) is 9.59 Å². The molecule has 1 aromatic heterocycles. The molecular formula is C28H30N6O3. The highest BCUT2D eigenvalue weighted by Gasteiger charge is 2.36. The van der Waals surface area contributed by atoms with Crippen molar-refractivity contribution in [1.82, 2.24) is 10.3 Å². The number of nitrogens with zero attached hydrogens (tertiary/aromatic N) is 3. The molecule has 0 aliphatic carbocycles. The molecule has 2 aromatic carbocycles. The van der Waals surface area contributed by atoms with Gasteiger partial charge in [-0.3, -0.25) is 14.6 Å². The first kappa shape index (κ1) is 25.6. The number of Topliss-reactive ketones (excluding diaryl/α,β-unsaturated/α-hetero) is 1. The van der Waals surface area contributed by atoms with E-state index in [0.717, 1.165) is 0 Å². The number of para-hydroxylation sites is 3. The molecule has 37 heavy (non-hydrogen) atoms. The number of carbonyl (C=O) groups is 3. The number of anilines is 3. The molecule has 1 atom stereocenters. The molecule has 4 rings (SSSR count). The van der Waals surface area contributed by atoms with Crippen LogP contribution in [0.4, 0.5) is 21.9 Å². The monoisotopic (exact) mass is 498 g/mol. The van der Waals surface area contributed by atoms with Gasteiger partial charge in [0.15, 0.2) is 5.78 Å². The van der Waals surface area contributed by atoms with Crippen molar-refractivity contribution in [3.8, 4) is 0 Å². The highest BCUT2D eigenvalue weighted by molar-refractivity contribution is 6.20. The quantitative estimate of drug-likeness (QED) is 0.474. The van der Waals surface area contributed by atoms with Crippen LogP contribution in [0.3, 0.4) is 0 Å².